The van der Waals surface area contributed by atoms with Gasteiger partial charge in [-0.05, 0) is 12.1 Å². The van der Waals surface area contributed by atoms with Gasteiger partial charge in [0.1, 0.15) is 5.65 Å². The molecule has 0 aromatic carbocycles. The second-order valence-corrected chi connectivity index (χ2v) is 7.28. The van der Waals surface area contributed by atoms with Crippen LogP contribution in [0.3, 0.4) is 0 Å². The van der Waals surface area contributed by atoms with E-state index in [2.05, 4.69) is 19.6 Å². The van der Waals surface area contributed by atoms with Gasteiger partial charge in [0, 0.05) is 33.9 Å². The zero-order valence-electron chi connectivity index (χ0n) is 11.7. The highest BCUT2D eigenvalue weighted by atomic mass is 32.2. The van der Waals surface area contributed by atoms with Crippen LogP contribution in [-0.4, -0.2) is 30.0 Å². The number of imidazole rings is 1. The minimum Gasteiger partial charge on any atom is -0.329 e. The van der Waals surface area contributed by atoms with Crippen molar-refractivity contribution < 1.29 is 21.9 Å². The van der Waals surface area contributed by atoms with Gasteiger partial charge in [0.25, 0.3) is 0 Å². The fourth-order valence-electron chi connectivity index (χ4n) is 1.98. The van der Waals surface area contributed by atoms with Gasteiger partial charge in [-0.2, -0.15) is 18.2 Å². The van der Waals surface area contributed by atoms with Gasteiger partial charge in [-0.3, -0.25) is 4.78 Å². The van der Waals surface area contributed by atoms with Crippen molar-refractivity contribution in [3.05, 3.63) is 36.1 Å². The number of hydrogen-bond donors (Lipinski definition) is 1. The van der Waals surface area contributed by atoms with Crippen molar-refractivity contribution in [2.75, 3.05) is 6.26 Å². The number of rotatable bonds is 3. The van der Waals surface area contributed by atoms with E-state index in [1.54, 1.807) is 16.8 Å². The summed E-state index contributed by atoms with van der Waals surface area (Å²) in [4.78, 5) is 7.50. The molecular weight excluding hydrogens is 335 g/mol. The predicted molar refractivity (Wildman–Crippen MR) is 74.0 cm³/mol. The van der Waals surface area contributed by atoms with Gasteiger partial charge in [-0.25, -0.2) is 9.19 Å². The minimum absolute atomic E-state index is 0.00948. The van der Waals surface area contributed by atoms with Crippen LogP contribution >= 0.6 is 0 Å². The molecule has 3 aromatic rings. The molecule has 0 aliphatic heterocycles. The van der Waals surface area contributed by atoms with E-state index in [1.807, 2.05) is 0 Å². The average molecular weight is 345 g/mol. The lowest BCUT2D eigenvalue weighted by Crippen LogP contribution is -2.04. The molecule has 0 radical (unpaired) electrons. The molecule has 11 heteroatoms. The number of fused-ring (bicyclic) bond motifs is 1. The number of halogens is 3. The van der Waals surface area contributed by atoms with Gasteiger partial charge < -0.3 is 8.92 Å². The smallest absolute Gasteiger partial charge is 0.329 e. The molecule has 1 N–H and O–H groups in total. The van der Waals surface area contributed by atoms with Crippen LogP contribution in [0.4, 0.5) is 13.2 Å². The van der Waals surface area contributed by atoms with Crippen LogP contribution in [-0.2, 0) is 21.7 Å². The Hall–Kier alpha value is -2.43. The van der Waals surface area contributed by atoms with Crippen LogP contribution in [0, 0.1) is 4.78 Å². The van der Waals surface area contributed by atoms with E-state index in [0.717, 1.165) is 0 Å². The number of hydrogen-bond acceptors (Lipinski definition) is 6. The van der Waals surface area contributed by atoms with Crippen molar-refractivity contribution in [1.82, 2.24) is 19.5 Å². The van der Waals surface area contributed by atoms with Gasteiger partial charge in [0.15, 0.2) is 0 Å². The molecule has 1 unspecified atom stereocenters. The standard InChI is InChI=1S/C12H10F3N5O2S/c1-23(16,21)6-8-5-20-3-2-7(4-9(20)17-8)10-18-11(22-19-10)12(13,14)15/h2-5,16H,6H2,1H3. The third-order valence-corrected chi connectivity index (χ3v) is 3.71. The summed E-state index contributed by atoms with van der Waals surface area (Å²) < 4.78 is 62.1. The molecule has 1 atom stereocenters. The Morgan fingerprint density at radius 1 is 1.39 bits per heavy atom. The van der Waals surface area contributed by atoms with Crippen molar-refractivity contribution >= 4 is 15.4 Å². The van der Waals surface area contributed by atoms with E-state index in [4.69, 9.17) is 4.78 Å². The molecule has 0 saturated heterocycles. The monoisotopic (exact) mass is 345 g/mol. The minimum atomic E-state index is -4.70. The van der Waals surface area contributed by atoms with Crippen LogP contribution in [0.25, 0.3) is 17.0 Å². The quantitative estimate of drug-likeness (QED) is 0.787. The normalized spacial score (nSPS) is 15.0. The van der Waals surface area contributed by atoms with Crippen LogP contribution in [0.1, 0.15) is 11.6 Å². The van der Waals surface area contributed by atoms with E-state index < -0.39 is 21.8 Å². The third kappa shape index (κ3) is 3.33. The number of aromatic nitrogens is 4. The van der Waals surface area contributed by atoms with Crippen LogP contribution in [0.5, 0.6) is 0 Å². The molecule has 0 fully saturated rings. The van der Waals surface area contributed by atoms with E-state index in [1.165, 1.54) is 18.4 Å². The van der Waals surface area contributed by atoms with Crippen LogP contribution in [0.15, 0.2) is 29.0 Å². The van der Waals surface area contributed by atoms with E-state index in [0.29, 0.717) is 16.9 Å². The zero-order valence-corrected chi connectivity index (χ0v) is 12.5. The van der Waals surface area contributed by atoms with Gasteiger partial charge in [0.05, 0.1) is 11.4 Å². The highest BCUT2D eigenvalue weighted by Gasteiger charge is 2.38. The first kappa shape index (κ1) is 15.5. The molecule has 3 rings (SSSR count). The summed E-state index contributed by atoms with van der Waals surface area (Å²) in [5.41, 5.74) is 1.17. The van der Waals surface area contributed by atoms with Crippen LogP contribution < -0.4 is 0 Å². The summed E-state index contributed by atoms with van der Waals surface area (Å²) in [7, 11) is -2.74. The lowest BCUT2D eigenvalue weighted by atomic mass is 10.2. The SMILES string of the molecule is CS(=N)(=O)Cc1cn2ccc(-c3noc(C(F)(F)F)n3)cc2n1. The fraction of sp³-hybridized carbons (Fsp3) is 0.250. The van der Waals surface area contributed by atoms with Crippen molar-refractivity contribution in [2.45, 2.75) is 11.9 Å². The van der Waals surface area contributed by atoms with Gasteiger partial charge >= 0.3 is 12.1 Å². The second kappa shape index (κ2) is 5.05. The van der Waals surface area contributed by atoms with E-state index in [9.17, 15) is 17.4 Å². The number of pyridine rings is 1. The Labute approximate surface area is 128 Å². The van der Waals surface area contributed by atoms with E-state index >= 15 is 0 Å². The lowest BCUT2D eigenvalue weighted by Gasteiger charge is -1.97. The fourth-order valence-corrected chi connectivity index (χ4v) is 2.68. The Bertz CT molecular complexity index is 974. The molecule has 0 aliphatic carbocycles. The molecule has 0 bridgehead atoms. The highest BCUT2D eigenvalue weighted by molar-refractivity contribution is 7.90. The summed E-state index contributed by atoms with van der Waals surface area (Å²) in [6.45, 7) is 0. The maximum atomic E-state index is 12.5. The van der Waals surface area contributed by atoms with Crippen molar-refractivity contribution in [1.29, 1.82) is 4.78 Å². The lowest BCUT2D eigenvalue weighted by molar-refractivity contribution is -0.159. The molecule has 23 heavy (non-hydrogen) atoms. The van der Waals surface area contributed by atoms with Crippen LogP contribution in [0.2, 0.25) is 0 Å². The summed E-state index contributed by atoms with van der Waals surface area (Å²) in [6, 6.07) is 2.99. The maximum absolute atomic E-state index is 12.5. The Morgan fingerprint density at radius 2 is 2.13 bits per heavy atom. The average Bonchev–Trinajstić information content (AvgIpc) is 3.00. The van der Waals surface area contributed by atoms with Gasteiger partial charge in [-0.1, -0.05) is 5.16 Å². The first-order chi connectivity index (χ1) is 10.6. The summed E-state index contributed by atoms with van der Waals surface area (Å²) in [5, 5.41) is 3.31. The van der Waals surface area contributed by atoms with Gasteiger partial charge in [-0.15, -0.1) is 0 Å². The molecule has 3 aromatic heterocycles. The number of nitrogens with zero attached hydrogens (tertiary/aromatic N) is 4. The molecule has 122 valence electrons. The number of nitrogens with one attached hydrogen (secondary N) is 1. The first-order valence-electron chi connectivity index (χ1n) is 6.22. The molecule has 0 saturated carbocycles. The molecule has 7 nitrogen and oxygen atoms in total. The zero-order chi connectivity index (χ0) is 16.8. The Balaban J connectivity index is 1.98. The van der Waals surface area contributed by atoms with Crippen molar-refractivity contribution in [2.24, 2.45) is 0 Å². The molecule has 0 aliphatic rings. The summed E-state index contributed by atoms with van der Waals surface area (Å²) in [6.07, 6.45) is -0.230. The summed E-state index contributed by atoms with van der Waals surface area (Å²) in [5.74, 6) is -1.63. The van der Waals surface area contributed by atoms with Crippen molar-refractivity contribution in [3.63, 3.8) is 0 Å². The topological polar surface area (TPSA) is 97.1 Å². The number of alkyl halides is 3. The molecule has 0 amide bonds. The first-order valence-corrected chi connectivity index (χ1v) is 8.36. The second-order valence-electron chi connectivity index (χ2n) is 4.98. The molecule has 3 heterocycles. The Kier molecular flexibility index (Phi) is 3.39. The maximum Gasteiger partial charge on any atom is 0.471 e. The molecule has 0 spiro atoms. The summed E-state index contributed by atoms with van der Waals surface area (Å²) >= 11 is 0. The van der Waals surface area contributed by atoms with Crippen molar-refractivity contribution in [3.8, 4) is 11.4 Å². The van der Waals surface area contributed by atoms with E-state index in [-0.39, 0.29) is 11.6 Å². The largest absolute Gasteiger partial charge is 0.471 e. The highest BCUT2D eigenvalue weighted by Crippen LogP contribution is 2.29. The van der Waals surface area contributed by atoms with Gasteiger partial charge in [0.2, 0.25) is 5.82 Å². The predicted octanol–water partition coefficient (Wildman–Crippen LogP) is 2.58. The Morgan fingerprint density at radius 3 is 2.74 bits per heavy atom. The third-order valence-electron chi connectivity index (χ3n) is 2.86. The molecular formula is C12H10F3N5O2S.